The van der Waals surface area contributed by atoms with Crippen LogP contribution in [-0.4, -0.2) is 27.0 Å². The highest BCUT2D eigenvalue weighted by Gasteiger charge is 2.32. The Kier molecular flexibility index (Phi) is 4.65. The van der Waals surface area contributed by atoms with Crippen molar-refractivity contribution in [2.24, 2.45) is 0 Å². The summed E-state index contributed by atoms with van der Waals surface area (Å²) in [6.07, 6.45) is 0.389. The first-order valence-electron chi connectivity index (χ1n) is 5.65. The van der Waals surface area contributed by atoms with E-state index in [1.165, 1.54) is 25.3 Å². The molecule has 7 heteroatoms. The van der Waals surface area contributed by atoms with E-state index in [0.29, 0.717) is 6.42 Å². The Hall–Kier alpha value is -1.47. The van der Waals surface area contributed by atoms with E-state index in [-0.39, 0.29) is 5.69 Å². The van der Waals surface area contributed by atoms with Crippen molar-refractivity contribution in [2.75, 3.05) is 12.4 Å². The zero-order chi connectivity index (χ0) is 14.7. The van der Waals surface area contributed by atoms with Gasteiger partial charge in [-0.1, -0.05) is 19.1 Å². The summed E-state index contributed by atoms with van der Waals surface area (Å²) in [6.45, 7) is 3.32. The van der Waals surface area contributed by atoms with Gasteiger partial charge >= 0.3 is 10.2 Å². The van der Waals surface area contributed by atoms with Crippen molar-refractivity contribution >= 4 is 21.8 Å². The fourth-order valence-electron chi connectivity index (χ4n) is 1.43. The molecule has 1 unspecified atom stereocenters. The Labute approximate surface area is 112 Å². The highest BCUT2D eigenvalue weighted by Crippen LogP contribution is 2.25. The molecule has 1 aromatic carbocycles. The summed E-state index contributed by atoms with van der Waals surface area (Å²) in [4.78, 5) is 11.5. The number of methoxy groups -OCH3 is 1. The molecule has 1 atom stereocenters. The van der Waals surface area contributed by atoms with Gasteiger partial charge in [-0.25, -0.2) is 0 Å². The van der Waals surface area contributed by atoms with Crippen LogP contribution in [-0.2, 0) is 19.8 Å². The maximum atomic E-state index is 13.1. The molecule has 106 valence electrons. The van der Waals surface area contributed by atoms with E-state index in [1.54, 1.807) is 13.8 Å². The largest absolute Gasteiger partial charge is 0.369 e. The average molecular weight is 289 g/mol. The van der Waals surface area contributed by atoms with Crippen molar-refractivity contribution in [1.82, 2.24) is 0 Å². The molecule has 19 heavy (non-hydrogen) atoms. The van der Waals surface area contributed by atoms with Crippen LogP contribution in [0, 0.1) is 0 Å². The molecular weight excluding hydrogens is 273 g/mol. The number of nitrogens with one attached hydrogen (secondary N) is 1. The first-order valence-corrected chi connectivity index (χ1v) is 7.03. The van der Waals surface area contributed by atoms with Crippen LogP contribution in [0.3, 0.4) is 0 Å². The number of hydrogen-bond acceptors (Lipinski definition) is 4. The average Bonchev–Trinajstić information content (AvgIpc) is 2.37. The fourth-order valence-corrected chi connectivity index (χ4v) is 2.06. The van der Waals surface area contributed by atoms with Crippen molar-refractivity contribution in [3.8, 4) is 0 Å². The molecule has 0 spiro atoms. The Balaban J connectivity index is 3.11. The lowest BCUT2D eigenvalue weighted by molar-refractivity contribution is -0.136. The smallest absolute Gasteiger partial charge is 0.334 e. The topological polar surface area (TPSA) is 72.5 Å². The van der Waals surface area contributed by atoms with E-state index in [9.17, 15) is 17.1 Å². The van der Waals surface area contributed by atoms with Crippen molar-refractivity contribution in [2.45, 2.75) is 30.8 Å². The lowest BCUT2D eigenvalue weighted by atomic mass is 10.0. The highest BCUT2D eigenvalue weighted by molar-refractivity contribution is 7.86. The summed E-state index contributed by atoms with van der Waals surface area (Å²) in [5.41, 5.74) is -1.21. The molecule has 1 N–H and O–H groups in total. The van der Waals surface area contributed by atoms with E-state index >= 15 is 0 Å². The van der Waals surface area contributed by atoms with Crippen molar-refractivity contribution < 1.29 is 21.8 Å². The van der Waals surface area contributed by atoms with Crippen molar-refractivity contribution in [1.29, 1.82) is 0 Å². The van der Waals surface area contributed by atoms with Crippen LogP contribution >= 0.6 is 0 Å². The van der Waals surface area contributed by atoms with E-state index in [4.69, 9.17) is 4.74 Å². The highest BCUT2D eigenvalue weighted by atomic mass is 32.3. The molecule has 0 aliphatic carbocycles. The van der Waals surface area contributed by atoms with Crippen LogP contribution in [0.5, 0.6) is 0 Å². The molecule has 1 amide bonds. The normalized spacial score (nSPS) is 14.7. The summed E-state index contributed by atoms with van der Waals surface area (Å²) < 4.78 is 40.1. The maximum Gasteiger partial charge on any atom is 0.334 e. The lowest BCUT2D eigenvalue weighted by Gasteiger charge is -2.25. The molecule has 0 fully saturated rings. The second kappa shape index (κ2) is 5.66. The molecule has 0 aliphatic rings. The van der Waals surface area contributed by atoms with Gasteiger partial charge in [0.1, 0.15) is 10.5 Å². The van der Waals surface area contributed by atoms with Gasteiger partial charge in [0.15, 0.2) is 0 Å². The standard InChI is InChI=1S/C12H16FNO4S/c1-4-12(2,18-3)11(15)14-9-7-5-6-8-10(9)19(13,16)17/h5-8H,4H2,1-3H3,(H,14,15). The second-order valence-corrected chi connectivity index (χ2v) is 5.49. The van der Waals surface area contributed by atoms with Crippen LogP contribution < -0.4 is 5.32 Å². The first kappa shape index (κ1) is 15.6. The van der Waals surface area contributed by atoms with E-state index in [2.05, 4.69) is 5.32 Å². The van der Waals surface area contributed by atoms with Gasteiger partial charge in [-0.15, -0.1) is 3.89 Å². The Morgan fingerprint density at radius 2 is 2.00 bits per heavy atom. The number of amides is 1. The van der Waals surface area contributed by atoms with Gasteiger partial charge in [0.05, 0.1) is 5.69 Å². The van der Waals surface area contributed by atoms with Gasteiger partial charge in [0, 0.05) is 7.11 Å². The quantitative estimate of drug-likeness (QED) is 0.842. The van der Waals surface area contributed by atoms with Crippen LogP contribution in [0.2, 0.25) is 0 Å². The predicted octanol–water partition coefficient (Wildman–Crippen LogP) is 2.10. The number of hydrogen-bond donors (Lipinski definition) is 1. The van der Waals surface area contributed by atoms with Gasteiger partial charge < -0.3 is 10.1 Å². The molecule has 0 heterocycles. The number of ether oxygens (including phenoxy) is 1. The summed E-state index contributed by atoms with van der Waals surface area (Å²) in [5.74, 6) is -0.534. The number of carbonyl (C=O) groups excluding carboxylic acids is 1. The minimum Gasteiger partial charge on any atom is -0.369 e. The van der Waals surface area contributed by atoms with Gasteiger partial charge in [0.2, 0.25) is 0 Å². The number of halogens is 1. The molecule has 0 radical (unpaired) electrons. The Morgan fingerprint density at radius 3 is 2.47 bits per heavy atom. The monoisotopic (exact) mass is 289 g/mol. The van der Waals surface area contributed by atoms with Gasteiger partial charge in [0.25, 0.3) is 5.91 Å². The van der Waals surface area contributed by atoms with Crippen LogP contribution in [0.1, 0.15) is 20.3 Å². The maximum absolute atomic E-state index is 13.1. The van der Waals surface area contributed by atoms with Gasteiger partial charge in [-0.05, 0) is 25.5 Å². The number of benzene rings is 1. The molecule has 0 aliphatic heterocycles. The molecule has 0 bridgehead atoms. The zero-order valence-electron chi connectivity index (χ0n) is 10.9. The number of anilines is 1. The molecular formula is C12H16FNO4S. The number of para-hydroxylation sites is 1. The third kappa shape index (κ3) is 3.51. The molecule has 5 nitrogen and oxygen atoms in total. The summed E-state index contributed by atoms with van der Waals surface area (Å²) in [6, 6.07) is 5.27. The number of rotatable bonds is 5. The summed E-state index contributed by atoms with van der Waals surface area (Å²) in [7, 11) is -3.52. The minimum atomic E-state index is -4.89. The van der Waals surface area contributed by atoms with Gasteiger partial charge in [-0.2, -0.15) is 8.42 Å². The predicted molar refractivity (Wildman–Crippen MR) is 69.1 cm³/mol. The van der Waals surface area contributed by atoms with Crippen molar-refractivity contribution in [3.63, 3.8) is 0 Å². The van der Waals surface area contributed by atoms with Crippen LogP contribution in [0.25, 0.3) is 0 Å². The van der Waals surface area contributed by atoms with Crippen LogP contribution in [0.4, 0.5) is 9.57 Å². The summed E-state index contributed by atoms with van der Waals surface area (Å²) in [5, 5.41) is 2.38. The Bertz CT molecular complexity index is 567. The SMILES string of the molecule is CCC(C)(OC)C(=O)Nc1ccccc1S(=O)(=O)F. The second-order valence-electron chi connectivity index (χ2n) is 4.18. The summed E-state index contributed by atoms with van der Waals surface area (Å²) >= 11 is 0. The van der Waals surface area contributed by atoms with Crippen LogP contribution in [0.15, 0.2) is 29.2 Å². The van der Waals surface area contributed by atoms with E-state index in [0.717, 1.165) is 6.07 Å². The molecule has 0 saturated heterocycles. The molecule has 0 aromatic heterocycles. The van der Waals surface area contributed by atoms with E-state index < -0.39 is 26.6 Å². The number of carbonyl (C=O) groups is 1. The molecule has 1 aromatic rings. The zero-order valence-corrected chi connectivity index (χ0v) is 11.8. The first-order chi connectivity index (χ1) is 8.74. The van der Waals surface area contributed by atoms with E-state index in [1.807, 2.05) is 0 Å². The third-order valence-electron chi connectivity index (χ3n) is 3.00. The lowest BCUT2D eigenvalue weighted by Crippen LogP contribution is -2.41. The molecule has 0 saturated carbocycles. The third-order valence-corrected chi connectivity index (χ3v) is 3.88. The molecule has 1 rings (SSSR count). The fraction of sp³-hybridized carbons (Fsp3) is 0.417. The minimum absolute atomic E-state index is 0.105. The van der Waals surface area contributed by atoms with Gasteiger partial charge in [-0.3, -0.25) is 4.79 Å². The van der Waals surface area contributed by atoms with Crippen molar-refractivity contribution in [3.05, 3.63) is 24.3 Å². The Morgan fingerprint density at radius 1 is 1.42 bits per heavy atom.